The smallest absolute Gasteiger partial charge is 0.303 e. The van der Waals surface area contributed by atoms with Gasteiger partial charge < -0.3 is 14.6 Å². The van der Waals surface area contributed by atoms with Crippen molar-refractivity contribution in [2.75, 3.05) is 13.1 Å². The molecule has 28 heavy (non-hydrogen) atoms. The van der Waals surface area contributed by atoms with Gasteiger partial charge in [0.2, 0.25) is 0 Å². The summed E-state index contributed by atoms with van der Waals surface area (Å²) in [6, 6.07) is 11.3. The number of likely N-dealkylation sites (tertiary alicyclic amines) is 1. The number of carbonyl (C=O) groups is 2. The largest absolute Gasteiger partial charge is 0.481 e. The van der Waals surface area contributed by atoms with E-state index >= 15 is 0 Å². The number of piperidine rings is 1. The average molecular weight is 382 g/mol. The van der Waals surface area contributed by atoms with E-state index in [2.05, 4.69) is 0 Å². The third kappa shape index (κ3) is 4.88. The first-order chi connectivity index (χ1) is 13.4. The molecule has 0 bridgehead atoms. The predicted octanol–water partition coefficient (Wildman–Crippen LogP) is 2.92. The number of benzene rings is 1. The summed E-state index contributed by atoms with van der Waals surface area (Å²) in [4.78, 5) is 38.3. The zero-order valence-electron chi connectivity index (χ0n) is 16.1. The highest BCUT2D eigenvalue weighted by Crippen LogP contribution is 2.22. The third-order valence-electron chi connectivity index (χ3n) is 5.26. The Morgan fingerprint density at radius 3 is 2.79 bits per heavy atom. The predicted molar refractivity (Wildman–Crippen MR) is 106 cm³/mol. The van der Waals surface area contributed by atoms with Crippen LogP contribution in [0.1, 0.15) is 47.2 Å². The highest BCUT2D eigenvalue weighted by atomic mass is 16.4. The molecule has 1 unspecified atom stereocenters. The van der Waals surface area contributed by atoms with Crippen molar-refractivity contribution in [3.05, 3.63) is 69.6 Å². The second kappa shape index (κ2) is 8.87. The van der Waals surface area contributed by atoms with Crippen molar-refractivity contribution in [2.24, 2.45) is 5.92 Å². The third-order valence-corrected chi connectivity index (χ3v) is 5.26. The van der Waals surface area contributed by atoms with E-state index in [4.69, 9.17) is 5.11 Å². The summed E-state index contributed by atoms with van der Waals surface area (Å²) < 4.78 is 1.56. The summed E-state index contributed by atoms with van der Waals surface area (Å²) in [5.41, 5.74) is 2.02. The van der Waals surface area contributed by atoms with Gasteiger partial charge in [-0.25, -0.2) is 0 Å². The van der Waals surface area contributed by atoms with Crippen molar-refractivity contribution in [3.8, 4) is 0 Å². The van der Waals surface area contributed by atoms with Crippen LogP contribution in [0.15, 0.2) is 47.4 Å². The van der Waals surface area contributed by atoms with Gasteiger partial charge in [0, 0.05) is 25.7 Å². The van der Waals surface area contributed by atoms with Crippen LogP contribution in [0.4, 0.5) is 0 Å². The van der Waals surface area contributed by atoms with Gasteiger partial charge in [0.25, 0.3) is 11.5 Å². The second-order valence-electron chi connectivity index (χ2n) is 7.54. The fourth-order valence-electron chi connectivity index (χ4n) is 3.81. The molecule has 1 amide bonds. The van der Waals surface area contributed by atoms with Crippen LogP contribution in [0.2, 0.25) is 0 Å². The van der Waals surface area contributed by atoms with Gasteiger partial charge in [-0.15, -0.1) is 0 Å². The Morgan fingerprint density at radius 2 is 2.04 bits per heavy atom. The Kier molecular flexibility index (Phi) is 6.29. The Balaban J connectivity index is 1.75. The van der Waals surface area contributed by atoms with E-state index in [-0.39, 0.29) is 29.4 Å². The molecule has 148 valence electrons. The maximum absolute atomic E-state index is 13.0. The van der Waals surface area contributed by atoms with Crippen LogP contribution in [0.25, 0.3) is 0 Å². The summed E-state index contributed by atoms with van der Waals surface area (Å²) in [5.74, 6) is -0.902. The number of hydrogen-bond donors (Lipinski definition) is 1. The Hall–Kier alpha value is -2.89. The minimum Gasteiger partial charge on any atom is -0.481 e. The van der Waals surface area contributed by atoms with Gasteiger partial charge in [0.1, 0.15) is 5.56 Å². The second-order valence-corrected chi connectivity index (χ2v) is 7.54. The van der Waals surface area contributed by atoms with E-state index in [9.17, 15) is 14.4 Å². The first-order valence-electron chi connectivity index (χ1n) is 9.70. The fourth-order valence-corrected chi connectivity index (χ4v) is 3.81. The van der Waals surface area contributed by atoms with Crippen molar-refractivity contribution in [2.45, 2.75) is 39.2 Å². The lowest BCUT2D eigenvalue weighted by molar-refractivity contribution is -0.137. The molecule has 3 rings (SSSR count). The average Bonchev–Trinajstić information content (AvgIpc) is 2.68. The summed E-state index contributed by atoms with van der Waals surface area (Å²) in [6.07, 6.45) is 4.13. The van der Waals surface area contributed by atoms with Crippen LogP contribution in [-0.2, 0) is 11.3 Å². The van der Waals surface area contributed by atoms with Crippen molar-refractivity contribution >= 4 is 11.9 Å². The topological polar surface area (TPSA) is 79.6 Å². The van der Waals surface area contributed by atoms with E-state index in [1.54, 1.807) is 27.8 Å². The quantitative estimate of drug-likeness (QED) is 0.833. The molecule has 0 radical (unpaired) electrons. The lowest BCUT2D eigenvalue weighted by atomic mass is 9.93. The number of rotatable bonds is 6. The maximum Gasteiger partial charge on any atom is 0.303 e. The summed E-state index contributed by atoms with van der Waals surface area (Å²) in [5, 5.41) is 8.88. The number of nitrogens with zero attached hydrogens (tertiary/aromatic N) is 2. The van der Waals surface area contributed by atoms with Crippen molar-refractivity contribution in [1.29, 1.82) is 0 Å². The Bertz CT molecular complexity index is 919. The molecular formula is C22H26N2O4. The fraction of sp³-hybridized carbons (Fsp3) is 0.409. The van der Waals surface area contributed by atoms with Crippen LogP contribution >= 0.6 is 0 Å². The van der Waals surface area contributed by atoms with Gasteiger partial charge in [0.05, 0.1) is 6.54 Å². The molecule has 0 spiro atoms. The number of pyridine rings is 1. The summed E-state index contributed by atoms with van der Waals surface area (Å²) in [7, 11) is 0. The number of aliphatic carboxylic acids is 1. The highest BCUT2D eigenvalue weighted by Gasteiger charge is 2.26. The number of carbonyl (C=O) groups excluding carboxylic acids is 1. The zero-order valence-corrected chi connectivity index (χ0v) is 16.1. The Labute approximate surface area is 164 Å². The van der Waals surface area contributed by atoms with Crippen LogP contribution in [0, 0.1) is 12.8 Å². The van der Waals surface area contributed by atoms with Crippen molar-refractivity contribution in [1.82, 2.24) is 9.47 Å². The molecule has 1 saturated heterocycles. The molecular weight excluding hydrogens is 356 g/mol. The maximum atomic E-state index is 13.0. The molecule has 2 aromatic rings. The number of amides is 1. The first kappa shape index (κ1) is 19.9. The summed E-state index contributed by atoms with van der Waals surface area (Å²) >= 11 is 0. The number of hydrogen-bond acceptors (Lipinski definition) is 3. The number of carboxylic acids is 1. The van der Waals surface area contributed by atoms with Gasteiger partial charge in [0.15, 0.2) is 0 Å². The lowest BCUT2D eigenvalue weighted by Gasteiger charge is -2.32. The van der Waals surface area contributed by atoms with E-state index in [0.29, 0.717) is 26.1 Å². The Morgan fingerprint density at radius 1 is 1.21 bits per heavy atom. The molecule has 2 heterocycles. The monoisotopic (exact) mass is 382 g/mol. The van der Waals surface area contributed by atoms with E-state index < -0.39 is 5.97 Å². The van der Waals surface area contributed by atoms with Gasteiger partial charge >= 0.3 is 5.97 Å². The minimum absolute atomic E-state index is 0.112. The van der Waals surface area contributed by atoms with Crippen molar-refractivity contribution in [3.63, 3.8) is 0 Å². The molecule has 0 aliphatic carbocycles. The molecule has 1 fully saturated rings. The van der Waals surface area contributed by atoms with Crippen LogP contribution in [0.3, 0.4) is 0 Å². The molecule has 1 aromatic carbocycles. The number of aryl methyl sites for hydroxylation is 1. The molecule has 1 N–H and O–H groups in total. The first-order valence-corrected chi connectivity index (χ1v) is 9.70. The standard InChI is InChI=1S/C22H26N2O4/c1-16-5-2-6-18(13-16)15-24-12-4-8-19(22(24)28)21(27)23-11-3-7-17(14-23)9-10-20(25)26/h2,4-6,8,12-13,17H,3,7,9-11,14-15H2,1H3,(H,25,26). The van der Waals surface area contributed by atoms with Crippen LogP contribution in [0.5, 0.6) is 0 Å². The normalized spacial score (nSPS) is 16.8. The SMILES string of the molecule is Cc1cccc(Cn2cccc(C(=O)N3CCCC(CCC(=O)O)C3)c2=O)c1. The van der Waals surface area contributed by atoms with Crippen LogP contribution < -0.4 is 5.56 Å². The molecule has 6 nitrogen and oxygen atoms in total. The van der Waals surface area contributed by atoms with Crippen LogP contribution in [-0.4, -0.2) is 39.5 Å². The van der Waals surface area contributed by atoms with E-state index in [1.807, 2.05) is 31.2 Å². The number of aromatic nitrogens is 1. The van der Waals surface area contributed by atoms with Gasteiger partial charge in [-0.05, 0) is 49.8 Å². The lowest BCUT2D eigenvalue weighted by Crippen LogP contribution is -2.42. The van der Waals surface area contributed by atoms with E-state index in [0.717, 1.165) is 24.0 Å². The molecule has 1 aromatic heterocycles. The molecule has 0 saturated carbocycles. The zero-order chi connectivity index (χ0) is 20.1. The van der Waals surface area contributed by atoms with Gasteiger partial charge in [-0.2, -0.15) is 0 Å². The molecule has 6 heteroatoms. The van der Waals surface area contributed by atoms with E-state index in [1.165, 1.54) is 0 Å². The molecule has 1 atom stereocenters. The summed E-state index contributed by atoms with van der Waals surface area (Å²) in [6.45, 7) is 3.54. The molecule has 1 aliphatic heterocycles. The highest BCUT2D eigenvalue weighted by molar-refractivity contribution is 5.93. The van der Waals surface area contributed by atoms with Gasteiger partial charge in [-0.3, -0.25) is 14.4 Å². The minimum atomic E-state index is -0.814. The molecule has 1 aliphatic rings. The van der Waals surface area contributed by atoms with Gasteiger partial charge in [-0.1, -0.05) is 29.8 Å². The van der Waals surface area contributed by atoms with Crippen molar-refractivity contribution < 1.29 is 14.7 Å². The number of carboxylic acid groups (broad SMARTS) is 1.